The molecule has 0 fully saturated rings. The summed E-state index contributed by atoms with van der Waals surface area (Å²) < 4.78 is 0. The molecule has 0 aliphatic heterocycles. The Labute approximate surface area is 104 Å². The van der Waals surface area contributed by atoms with E-state index in [2.05, 4.69) is 10.3 Å². The number of nitrogens with zero attached hydrogens (tertiary/aromatic N) is 2. The van der Waals surface area contributed by atoms with Gasteiger partial charge in [-0.15, -0.1) is 0 Å². The molecule has 0 unspecified atom stereocenters. The Balaban J connectivity index is 2.59. The highest BCUT2D eigenvalue weighted by Gasteiger charge is 2.19. The van der Waals surface area contributed by atoms with Gasteiger partial charge in [0.05, 0.1) is 6.07 Å². The summed E-state index contributed by atoms with van der Waals surface area (Å²) in [7, 11) is 0. The Morgan fingerprint density at radius 3 is 2.67 bits per heavy atom. The van der Waals surface area contributed by atoms with Crippen LogP contribution in [0.25, 0.3) is 0 Å². The van der Waals surface area contributed by atoms with Crippen LogP contribution >= 0.6 is 0 Å². The highest BCUT2D eigenvalue weighted by Crippen LogP contribution is 2.03. The van der Waals surface area contributed by atoms with Gasteiger partial charge >= 0.3 is 5.97 Å². The predicted molar refractivity (Wildman–Crippen MR) is 62.6 cm³/mol. The molecule has 0 aliphatic rings. The van der Waals surface area contributed by atoms with Crippen LogP contribution in [0.4, 0.5) is 0 Å². The molecule has 1 rings (SSSR count). The number of hydrogen-bond acceptors (Lipinski definition) is 4. The molecule has 0 saturated carbocycles. The number of amides is 1. The van der Waals surface area contributed by atoms with Gasteiger partial charge in [-0.2, -0.15) is 5.26 Å². The number of pyridine rings is 1. The molecule has 1 aromatic rings. The predicted octanol–water partition coefficient (Wildman–Crippen LogP) is 0.958. The Bertz CT molecular complexity index is 453. The van der Waals surface area contributed by atoms with Crippen molar-refractivity contribution in [3.05, 3.63) is 30.1 Å². The van der Waals surface area contributed by atoms with Crippen molar-refractivity contribution in [2.24, 2.45) is 0 Å². The van der Waals surface area contributed by atoms with Gasteiger partial charge in [0.2, 0.25) is 0 Å². The fraction of sp³-hybridized carbons (Fsp3) is 0.333. The number of nitrogens with one attached hydrogen (secondary N) is 1. The maximum atomic E-state index is 11.7. The third kappa shape index (κ3) is 4.22. The van der Waals surface area contributed by atoms with E-state index in [0.717, 1.165) is 0 Å². The van der Waals surface area contributed by atoms with Gasteiger partial charge in [-0.1, -0.05) is 0 Å². The molecule has 1 heterocycles. The van der Waals surface area contributed by atoms with E-state index in [0.29, 0.717) is 12.0 Å². The van der Waals surface area contributed by atoms with E-state index in [1.54, 1.807) is 0 Å². The molecular formula is C12H13N3O3. The number of aliphatic carboxylic acids is 1. The first-order chi connectivity index (χ1) is 8.65. The molecule has 6 heteroatoms. The van der Waals surface area contributed by atoms with Gasteiger partial charge in [-0.3, -0.25) is 9.78 Å². The number of carbonyl (C=O) groups is 2. The number of carbonyl (C=O) groups excluding carboxylic acids is 1. The van der Waals surface area contributed by atoms with Gasteiger partial charge in [-0.05, 0) is 25.0 Å². The Kier molecular flexibility index (Phi) is 5.32. The maximum absolute atomic E-state index is 11.7. The number of carboxylic acid groups (broad SMARTS) is 1. The molecule has 1 atom stereocenters. The number of aromatic nitrogens is 1. The van der Waals surface area contributed by atoms with Crippen molar-refractivity contribution >= 4 is 11.9 Å². The van der Waals surface area contributed by atoms with E-state index < -0.39 is 17.9 Å². The first kappa shape index (κ1) is 13.6. The zero-order chi connectivity index (χ0) is 13.4. The summed E-state index contributed by atoms with van der Waals surface area (Å²) in [6, 6.07) is 3.97. The van der Waals surface area contributed by atoms with Crippen LogP contribution in [0.3, 0.4) is 0 Å². The average molecular weight is 247 g/mol. The topological polar surface area (TPSA) is 103 Å². The van der Waals surface area contributed by atoms with Crippen molar-refractivity contribution in [1.82, 2.24) is 10.3 Å². The number of carboxylic acids is 1. The summed E-state index contributed by atoms with van der Waals surface area (Å²) in [6.07, 6.45) is 3.86. The smallest absolute Gasteiger partial charge is 0.326 e. The van der Waals surface area contributed by atoms with Crippen molar-refractivity contribution in [3.8, 4) is 6.07 Å². The van der Waals surface area contributed by atoms with Crippen LogP contribution in [-0.4, -0.2) is 28.0 Å². The summed E-state index contributed by atoms with van der Waals surface area (Å²) in [5.74, 6) is -1.56. The lowest BCUT2D eigenvalue weighted by Crippen LogP contribution is -2.40. The summed E-state index contributed by atoms with van der Waals surface area (Å²) in [5.41, 5.74) is 0.358. The van der Waals surface area contributed by atoms with E-state index in [9.17, 15) is 9.59 Å². The zero-order valence-electron chi connectivity index (χ0n) is 9.67. The lowest BCUT2D eigenvalue weighted by Gasteiger charge is -2.13. The van der Waals surface area contributed by atoms with Crippen molar-refractivity contribution in [3.63, 3.8) is 0 Å². The monoisotopic (exact) mass is 247 g/mol. The van der Waals surface area contributed by atoms with Crippen molar-refractivity contribution in [1.29, 1.82) is 5.26 Å². The van der Waals surface area contributed by atoms with Gasteiger partial charge in [0.1, 0.15) is 6.04 Å². The van der Waals surface area contributed by atoms with E-state index in [-0.39, 0.29) is 12.8 Å². The highest BCUT2D eigenvalue weighted by molar-refractivity contribution is 5.96. The molecule has 2 N–H and O–H groups in total. The fourth-order valence-electron chi connectivity index (χ4n) is 1.39. The van der Waals surface area contributed by atoms with Gasteiger partial charge in [0.25, 0.3) is 5.91 Å². The summed E-state index contributed by atoms with van der Waals surface area (Å²) in [5, 5.41) is 19.8. The van der Waals surface area contributed by atoms with Crippen molar-refractivity contribution in [2.45, 2.75) is 25.3 Å². The minimum Gasteiger partial charge on any atom is -0.480 e. The van der Waals surface area contributed by atoms with Crippen LogP contribution in [0.1, 0.15) is 29.6 Å². The van der Waals surface area contributed by atoms with E-state index >= 15 is 0 Å². The van der Waals surface area contributed by atoms with Gasteiger partial charge in [-0.25, -0.2) is 4.79 Å². The number of unbranched alkanes of at least 4 members (excludes halogenated alkanes) is 1. The first-order valence-electron chi connectivity index (χ1n) is 5.46. The minimum absolute atomic E-state index is 0.236. The number of hydrogen-bond donors (Lipinski definition) is 2. The lowest BCUT2D eigenvalue weighted by atomic mass is 10.1. The average Bonchev–Trinajstić information content (AvgIpc) is 2.38. The Morgan fingerprint density at radius 2 is 2.11 bits per heavy atom. The van der Waals surface area contributed by atoms with Gasteiger partial charge in [0, 0.05) is 24.4 Å². The third-order valence-corrected chi connectivity index (χ3v) is 2.33. The highest BCUT2D eigenvalue weighted by atomic mass is 16.4. The summed E-state index contributed by atoms with van der Waals surface area (Å²) in [4.78, 5) is 26.4. The minimum atomic E-state index is -1.10. The second-order valence-electron chi connectivity index (χ2n) is 3.65. The quantitative estimate of drug-likeness (QED) is 0.729. The second-order valence-corrected chi connectivity index (χ2v) is 3.65. The summed E-state index contributed by atoms with van der Waals surface area (Å²) >= 11 is 0. The van der Waals surface area contributed by atoms with Gasteiger partial charge < -0.3 is 10.4 Å². The molecule has 0 saturated heterocycles. The van der Waals surface area contributed by atoms with E-state index in [4.69, 9.17) is 10.4 Å². The maximum Gasteiger partial charge on any atom is 0.326 e. The molecular weight excluding hydrogens is 234 g/mol. The molecule has 1 amide bonds. The van der Waals surface area contributed by atoms with Gasteiger partial charge in [0.15, 0.2) is 0 Å². The van der Waals surface area contributed by atoms with Crippen LogP contribution in [-0.2, 0) is 4.79 Å². The number of nitriles is 1. The molecule has 1 aromatic heterocycles. The molecule has 0 aromatic carbocycles. The molecule has 18 heavy (non-hydrogen) atoms. The normalized spacial score (nSPS) is 11.3. The van der Waals surface area contributed by atoms with Crippen molar-refractivity contribution < 1.29 is 14.7 Å². The lowest BCUT2D eigenvalue weighted by molar-refractivity contribution is -0.139. The molecule has 0 radical (unpaired) electrons. The van der Waals surface area contributed by atoms with Crippen LogP contribution in [0.15, 0.2) is 24.5 Å². The number of rotatable bonds is 6. The van der Waals surface area contributed by atoms with Crippen LogP contribution in [0, 0.1) is 11.3 Å². The molecule has 94 valence electrons. The Hall–Kier alpha value is -2.42. The van der Waals surface area contributed by atoms with E-state index in [1.807, 2.05) is 6.07 Å². The zero-order valence-corrected chi connectivity index (χ0v) is 9.67. The fourth-order valence-corrected chi connectivity index (χ4v) is 1.39. The van der Waals surface area contributed by atoms with Crippen LogP contribution in [0.2, 0.25) is 0 Å². The summed E-state index contributed by atoms with van der Waals surface area (Å²) in [6.45, 7) is 0. The SMILES string of the molecule is N#CCCC[C@H](NC(=O)c1ccncc1)C(=O)O. The molecule has 0 aliphatic carbocycles. The van der Waals surface area contributed by atoms with E-state index in [1.165, 1.54) is 24.5 Å². The van der Waals surface area contributed by atoms with Crippen molar-refractivity contribution in [2.75, 3.05) is 0 Å². The first-order valence-corrected chi connectivity index (χ1v) is 5.46. The van der Waals surface area contributed by atoms with Crippen LogP contribution in [0.5, 0.6) is 0 Å². The van der Waals surface area contributed by atoms with Crippen LogP contribution < -0.4 is 5.32 Å². The largest absolute Gasteiger partial charge is 0.480 e. The molecule has 0 spiro atoms. The molecule has 0 bridgehead atoms. The second kappa shape index (κ2) is 7.01. The standard InChI is InChI=1S/C12H13N3O3/c13-6-2-1-3-10(12(17)18)15-11(16)9-4-7-14-8-5-9/h4-5,7-8,10H,1-3H2,(H,15,16)(H,17,18)/t10-/m0/s1. The molecule has 6 nitrogen and oxygen atoms in total. The third-order valence-electron chi connectivity index (χ3n) is 2.33. The Morgan fingerprint density at radius 1 is 1.44 bits per heavy atom.